The van der Waals surface area contributed by atoms with Gasteiger partial charge in [-0.2, -0.15) is 0 Å². The minimum atomic E-state index is -1.14. The molecule has 1 amide bonds. The van der Waals surface area contributed by atoms with Crippen molar-refractivity contribution in [2.75, 3.05) is 13.7 Å². The Kier molecular flexibility index (Phi) is 5.24. The van der Waals surface area contributed by atoms with E-state index in [1.54, 1.807) is 6.92 Å². The molecule has 2 N–H and O–H groups in total. The Morgan fingerprint density at radius 3 is 2.64 bits per heavy atom. The van der Waals surface area contributed by atoms with Crippen LogP contribution in [0.15, 0.2) is 30.3 Å². The maximum absolute atomic E-state index is 12.2. The third-order valence-electron chi connectivity index (χ3n) is 2.96. The van der Waals surface area contributed by atoms with Crippen molar-refractivity contribution >= 4 is 23.2 Å². The molecule has 6 nitrogen and oxygen atoms in total. The highest BCUT2D eigenvalue weighted by molar-refractivity contribution is 7.17. The maximum Gasteiger partial charge on any atom is 0.328 e. The van der Waals surface area contributed by atoms with E-state index in [4.69, 9.17) is 9.84 Å². The summed E-state index contributed by atoms with van der Waals surface area (Å²) in [6.07, 6.45) is 0. The number of rotatable bonds is 6. The minimum Gasteiger partial charge on any atom is -0.480 e. The molecule has 0 aliphatic heterocycles. The minimum absolute atomic E-state index is 0.0928. The quantitative estimate of drug-likeness (QED) is 0.849. The third kappa shape index (κ3) is 3.69. The molecule has 1 aromatic heterocycles. The number of aliphatic carboxylic acids is 1. The Bertz CT molecular complexity index is 669. The fourth-order valence-corrected chi connectivity index (χ4v) is 2.85. The van der Waals surface area contributed by atoms with Gasteiger partial charge in [-0.3, -0.25) is 4.79 Å². The van der Waals surface area contributed by atoms with Crippen LogP contribution in [0.5, 0.6) is 0 Å². The Balaban J connectivity index is 2.20. The van der Waals surface area contributed by atoms with Crippen molar-refractivity contribution in [3.63, 3.8) is 0 Å². The maximum atomic E-state index is 12.2. The molecule has 1 aromatic carbocycles. The summed E-state index contributed by atoms with van der Waals surface area (Å²) in [5, 5.41) is 12.2. The van der Waals surface area contributed by atoms with Crippen LogP contribution in [0, 0.1) is 6.92 Å². The lowest BCUT2D eigenvalue weighted by molar-refractivity contribution is -0.140. The zero-order chi connectivity index (χ0) is 16.1. The van der Waals surface area contributed by atoms with Gasteiger partial charge in [-0.05, 0) is 6.92 Å². The lowest BCUT2D eigenvalue weighted by Gasteiger charge is -2.12. The fourth-order valence-electron chi connectivity index (χ4n) is 1.88. The summed E-state index contributed by atoms with van der Waals surface area (Å²) in [5.41, 5.74) is 1.49. The molecule has 22 heavy (non-hydrogen) atoms. The Morgan fingerprint density at radius 1 is 1.36 bits per heavy atom. The molecule has 0 fully saturated rings. The van der Waals surface area contributed by atoms with Crippen LogP contribution >= 0.6 is 11.3 Å². The molecule has 0 bridgehead atoms. The van der Waals surface area contributed by atoms with Crippen LogP contribution in [0.1, 0.15) is 15.4 Å². The van der Waals surface area contributed by atoms with E-state index in [-0.39, 0.29) is 6.61 Å². The van der Waals surface area contributed by atoms with Crippen LogP contribution in [-0.2, 0) is 9.53 Å². The second-order valence-electron chi connectivity index (χ2n) is 4.62. The second-order valence-corrected chi connectivity index (χ2v) is 5.62. The average molecular weight is 320 g/mol. The number of nitrogens with one attached hydrogen (secondary N) is 1. The van der Waals surface area contributed by atoms with Crippen LogP contribution in [0.4, 0.5) is 0 Å². The molecule has 0 aliphatic carbocycles. The molecule has 2 rings (SSSR count). The number of amides is 1. The van der Waals surface area contributed by atoms with Crippen LogP contribution in [0.2, 0.25) is 0 Å². The molecule has 0 saturated heterocycles. The molecule has 1 atom stereocenters. The molecule has 2 aromatic rings. The van der Waals surface area contributed by atoms with E-state index in [1.807, 2.05) is 30.3 Å². The molecule has 0 aliphatic rings. The van der Waals surface area contributed by atoms with Gasteiger partial charge in [0, 0.05) is 12.7 Å². The first kappa shape index (κ1) is 16.1. The average Bonchev–Trinajstić information content (AvgIpc) is 2.89. The summed E-state index contributed by atoms with van der Waals surface area (Å²) in [5.74, 6) is -1.60. The normalized spacial score (nSPS) is 11.9. The molecule has 0 radical (unpaired) electrons. The van der Waals surface area contributed by atoms with E-state index in [9.17, 15) is 9.59 Å². The van der Waals surface area contributed by atoms with Crippen molar-refractivity contribution in [2.24, 2.45) is 0 Å². The van der Waals surface area contributed by atoms with Crippen LogP contribution in [-0.4, -0.2) is 41.7 Å². The SMILES string of the molecule is COCC(NC(=O)c1sc(-c2ccccc2)nc1C)C(=O)O. The number of carboxylic acids is 1. The van der Waals surface area contributed by atoms with Gasteiger partial charge < -0.3 is 15.2 Å². The predicted molar refractivity (Wildman–Crippen MR) is 83.1 cm³/mol. The van der Waals surface area contributed by atoms with Crippen molar-refractivity contribution in [1.29, 1.82) is 0 Å². The molecule has 1 heterocycles. The molecule has 0 saturated carbocycles. The first-order valence-electron chi connectivity index (χ1n) is 6.58. The largest absolute Gasteiger partial charge is 0.480 e. The van der Waals surface area contributed by atoms with Gasteiger partial charge in [0.1, 0.15) is 9.88 Å². The number of methoxy groups -OCH3 is 1. The number of aromatic nitrogens is 1. The van der Waals surface area contributed by atoms with Gasteiger partial charge in [-0.25, -0.2) is 9.78 Å². The van der Waals surface area contributed by atoms with Gasteiger partial charge in [0.05, 0.1) is 12.3 Å². The number of benzene rings is 1. The van der Waals surface area contributed by atoms with Crippen LogP contribution in [0.3, 0.4) is 0 Å². The zero-order valence-electron chi connectivity index (χ0n) is 12.2. The molecule has 1 unspecified atom stereocenters. The molecule has 7 heteroatoms. The van der Waals surface area contributed by atoms with Gasteiger partial charge in [0.25, 0.3) is 5.91 Å². The van der Waals surface area contributed by atoms with Gasteiger partial charge in [-0.15, -0.1) is 11.3 Å². The van der Waals surface area contributed by atoms with E-state index >= 15 is 0 Å². The van der Waals surface area contributed by atoms with Crippen molar-refractivity contribution in [3.05, 3.63) is 40.9 Å². The molecule has 0 spiro atoms. The molecular weight excluding hydrogens is 304 g/mol. The fraction of sp³-hybridized carbons (Fsp3) is 0.267. The first-order valence-corrected chi connectivity index (χ1v) is 7.40. The van der Waals surface area contributed by atoms with E-state index < -0.39 is 17.9 Å². The number of aryl methyl sites for hydroxylation is 1. The standard InChI is InChI=1S/C15H16N2O4S/c1-9-12(13(18)17-11(8-21-2)15(19)20)22-14(16-9)10-6-4-3-5-7-10/h3-7,11H,8H2,1-2H3,(H,17,18)(H,19,20). The predicted octanol–water partition coefficient (Wildman–Crippen LogP) is 1.95. The van der Waals surface area contributed by atoms with Gasteiger partial charge in [0.2, 0.25) is 0 Å². The summed E-state index contributed by atoms with van der Waals surface area (Å²) < 4.78 is 4.80. The number of carbonyl (C=O) groups is 2. The Labute approximate surface area is 131 Å². The highest BCUT2D eigenvalue weighted by Gasteiger charge is 2.23. The summed E-state index contributed by atoms with van der Waals surface area (Å²) in [6, 6.07) is 8.42. The van der Waals surface area contributed by atoms with Crippen molar-refractivity contribution < 1.29 is 19.4 Å². The van der Waals surface area contributed by atoms with Gasteiger partial charge in [-0.1, -0.05) is 30.3 Å². The number of nitrogens with zero attached hydrogens (tertiary/aromatic N) is 1. The van der Waals surface area contributed by atoms with Gasteiger partial charge >= 0.3 is 5.97 Å². The van der Waals surface area contributed by atoms with E-state index in [1.165, 1.54) is 18.4 Å². The highest BCUT2D eigenvalue weighted by atomic mass is 32.1. The number of carbonyl (C=O) groups excluding carboxylic acids is 1. The number of hydrogen-bond donors (Lipinski definition) is 2. The lowest BCUT2D eigenvalue weighted by atomic mass is 10.2. The highest BCUT2D eigenvalue weighted by Crippen LogP contribution is 2.27. The summed E-state index contributed by atoms with van der Waals surface area (Å²) in [6.45, 7) is 1.63. The van der Waals surface area contributed by atoms with Crippen molar-refractivity contribution in [2.45, 2.75) is 13.0 Å². The summed E-state index contributed by atoms with van der Waals surface area (Å²) >= 11 is 1.24. The third-order valence-corrected chi connectivity index (χ3v) is 4.17. The second kappa shape index (κ2) is 7.15. The van der Waals surface area contributed by atoms with Crippen molar-refractivity contribution in [1.82, 2.24) is 10.3 Å². The summed E-state index contributed by atoms with van der Waals surface area (Å²) in [7, 11) is 1.38. The Hall–Kier alpha value is -2.25. The summed E-state index contributed by atoms with van der Waals surface area (Å²) in [4.78, 5) is 28.1. The van der Waals surface area contributed by atoms with Crippen LogP contribution in [0.25, 0.3) is 10.6 Å². The number of ether oxygens (including phenoxy) is 1. The smallest absolute Gasteiger partial charge is 0.328 e. The Morgan fingerprint density at radius 2 is 2.05 bits per heavy atom. The number of hydrogen-bond acceptors (Lipinski definition) is 5. The molecular formula is C15H16N2O4S. The number of carboxylic acid groups (broad SMARTS) is 1. The molecule has 116 valence electrons. The van der Waals surface area contributed by atoms with E-state index in [2.05, 4.69) is 10.3 Å². The van der Waals surface area contributed by atoms with Crippen LogP contribution < -0.4 is 5.32 Å². The monoisotopic (exact) mass is 320 g/mol. The van der Waals surface area contributed by atoms with Gasteiger partial charge in [0.15, 0.2) is 6.04 Å². The number of thiazole rings is 1. The topological polar surface area (TPSA) is 88.5 Å². The first-order chi connectivity index (χ1) is 10.5. The van der Waals surface area contributed by atoms with E-state index in [0.717, 1.165) is 10.6 Å². The van der Waals surface area contributed by atoms with Crippen molar-refractivity contribution in [3.8, 4) is 10.6 Å². The van der Waals surface area contributed by atoms with E-state index in [0.29, 0.717) is 10.6 Å². The lowest BCUT2D eigenvalue weighted by Crippen LogP contribution is -2.43. The zero-order valence-corrected chi connectivity index (χ0v) is 13.0.